The van der Waals surface area contributed by atoms with E-state index in [4.69, 9.17) is 4.74 Å². The number of aryl methyl sites for hydroxylation is 2. The van der Waals surface area contributed by atoms with Crippen LogP contribution in [0, 0.1) is 13.8 Å². The highest BCUT2D eigenvalue weighted by atomic mass is 16.5. The maximum absolute atomic E-state index is 12.3. The summed E-state index contributed by atoms with van der Waals surface area (Å²) >= 11 is 0. The molecular formula is C23H25N3O3. The van der Waals surface area contributed by atoms with Crippen molar-refractivity contribution in [1.29, 1.82) is 0 Å². The summed E-state index contributed by atoms with van der Waals surface area (Å²) in [5.41, 5.74) is 3.53. The maximum atomic E-state index is 12.3. The first-order chi connectivity index (χ1) is 13.9. The summed E-state index contributed by atoms with van der Waals surface area (Å²) in [4.78, 5) is 28.9. The number of aromatic nitrogens is 2. The van der Waals surface area contributed by atoms with Crippen molar-refractivity contribution in [2.75, 3.05) is 6.54 Å². The van der Waals surface area contributed by atoms with E-state index >= 15 is 0 Å². The van der Waals surface area contributed by atoms with Crippen LogP contribution < -0.4 is 15.6 Å². The second kappa shape index (κ2) is 9.19. The Kier molecular flexibility index (Phi) is 6.44. The quantitative estimate of drug-likeness (QED) is 0.672. The molecule has 29 heavy (non-hydrogen) atoms. The number of rotatable bonds is 7. The van der Waals surface area contributed by atoms with E-state index in [2.05, 4.69) is 10.3 Å². The fourth-order valence-electron chi connectivity index (χ4n) is 3.06. The molecule has 1 amide bonds. The topological polar surface area (TPSA) is 73.2 Å². The Hall–Kier alpha value is -3.41. The van der Waals surface area contributed by atoms with Crippen molar-refractivity contribution in [3.05, 3.63) is 82.4 Å². The molecule has 6 nitrogen and oxygen atoms in total. The molecule has 3 aromatic rings. The molecule has 3 rings (SSSR count). The van der Waals surface area contributed by atoms with Crippen LogP contribution in [0.25, 0.3) is 11.3 Å². The third kappa shape index (κ3) is 5.54. The van der Waals surface area contributed by atoms with E-state index in [1.165, 1.54) is 17.0 Å². The Morgan fingerprint density at radius 2 is 1.79 bits per heavy atom. The lowest BCUT2D eigenvalue weighted by Gasteiger charge is -2.16. The SMILES string of the molecule is Cc1cc(C)cc(OC(C)C(=O)NCCn2cnc(-c3ccccc3)cc2=O)c1. The number of ether oxygens (including phenoxy) is 1. The number of hydrogen-bond acceptors (Lipinski definition) is 4. The van der Waals surface area contributed by atoms with E-state index in [0.717, 1.165) is 16.7 Å². The first kappa shape index (κ1) is 20.3. The summed E-state index contributed by atoms with van der Waals surface area (Å²) in [5, 5.41) is 2.80. The molecule has 1 unspecified atom stereocenters. The zero-order valence-corrected chi connectivity index (χ0v) is 16.9. The lowest BCUT2D eigenvalue weighted by Crippen LogP contribution is -2.38. The molecule has 0 saturated carbocycles. The minimum Gasteiger partial charge on any atom is -0.481 e. The van der Waals surface area contributed by atoms with Gasteiger partial charge in [0.1, 0.15) is 5.75 Å². The van der Waals surface area contributed by atoms with Crippen LogP contribution in [0.3, 0.4) is 0 Å². The highest BCUT2D eigenvalue weighted by Gasteiger charge is 2.14. The normalized spacial score (nSPS) is 11.7. The molecule has 0 aliphatic carbocycles. The molecule has 0 bridgehead atoms. The van der Waals surface area contributed by atoms with Crippen molar-refractivity contribution in [3.8, 4) is 17.0 Å². The molecule has 0 fully saturated rings. The van der Waals surface area contributed by atoms with Crippen LogP contribution in [0.5, 0.6) is 5.75 Å². The minimum atomic E-state index is -0.633. The Morgan fingerprint density at radius 1 is 1.10 bits per heavy atom. The zero-order valence-electron chi connectivity index (χ0n) is 16.9. The monoisotopic (exact) mass is 391 g/mol. The molecule has 6 heteroatoms. The Bertz CT molecular complexity index is 1020. The molecule has 1 atom stereocenters. The molecule has 1 N–H and O–H groups in total. The predicted molar refractivity (Wildman–Crippen MR) is 113 cm³/mol. The molecule has 1 heterocycles. The van der Waals surface area contributed by atoms with Crippen molar-refractivity contribution in [2.24, 2.45) is 0 Å². The molecule has 1 aromatic heterocycles. The number of amides is 1. The van der Waals surface area contributed by atoms with Crippen molar-refractivity contribution < 1.29 is 9.53 Å². The first-order valence-electron chi connectivity index (χ1n) is 9.57. The predicted octanol–water partition coefficient (Wildman–Crippen LogP) is 3.11. The van der Waals surface area contributed by atoms with Crippen molar-refractivity contribution >= 4 is 5.91 Å². The van der Waals surface area contributed by atoms with Crippen LogP contribution in [0.2, 0.25) is 0 Å². The lowest BCUT2D eigenvalue weighted by molar-refractivity contribution is -0.127. The Morgan fingerprint density at radius 3 is 2.45 bits per heavy atom. The zero-order chi connectivity index (χ0) is 20.8. The van der Waals surface area contributed by atoms with Gasteiger partial charge in [-0.15, -0.1) is 0 Å². The van der Waals surface area contributed by atoms with Gasteiger partial charge in [0.05, 0.1) is 12.0 Å². The molecule has 0 aliphatic rings. The smallest absolute Gasteiger partial charge is 0.260 e. The van der Waals surface area contributed by atoms with E-state index < -0.39 is 6.10 Å². The molecule has 0 aliphatic heterocycles. The van der Waals surface area contributed by atoms with E-state index in [0.29, 0.717) is 24.5 Å². The fourth-order valence-corrected chi connectivity index (χ4v) is 3.06. The van der Waals surface area contributed by atoms with Crippen LogP contribution in [0.1, 0.15) is 18.1 Å². The Labute approximate surface area is 170 Å². The van der Waals surface area contributed by atoms with Gasteiger partial charge in [0.2, 0.25) is 0 Å². The summed E-state index contributed by atoms with van der Waals surface area (Å²) in [6.45, 7) is 6.32. The number of carbonyl (C=O) groups is 1. The fraction of sp³-hybridized carbons (Fsp3) is 0.261. The van der Waals surface area contributed by atoms with Crippen LogP contribution in [0.15, 0.2) is 65.7 Å². The maximum Gasteiger partial charge on any atom is 0.260 e. The van der Waals surface area contributed by atoms with Crippen LogP contribution in [-0.2, 0) is 11.3 Å². The van der Waals surface area contributed by atoms with Gasteiger partial charge in [-0.1, -0.05) is 36.4 Å². The van der Waals surface area contributed by atoms with Gasteiger partial charge in [0.25, 0.3) is 11.5 Å². The Balaban J connectivity index is 1.54. The highest BCUT2D eigenvalue weighted by Crippen LogP contribution is 2.17. The molecule has 0 saturated heterocycles. The number of nitrogens with one attached hydrogen (secondary N) is 1. The third-order valence-electron chi connectivity index (χ3n) is 4.48. The number of carbonyl (C=O) groups excluding carboxylic acids is 1. The van der Waals surface area contributed by atoms with Gasteiger partial charge in [0, 0.05) is 24.7 Å². The number of benzene rings is 2. The van der Waals surface area contributed by atoms with Gasteiger partial charge < -0.3 is 10.1 Å². The van der Waals surface area contributed by atoms with Crippen LogP contribution in [-0.4, -0.2) is 28.1 Å². The van der Waals surface area contributed by atoms with Crippen molar-refractivity contribution in [2.45, 2.75) is 33.4 Å². The lowest BCUT2D eigenvalue weighted by atomic mass is 10.1. The summed E-state index contributed by atoms with van der Waals surface area (Å²) < 4.78 is 7.21. The first-order valence-corrected chi connectivity index (χ1v) is 9.57. The van der Waals surface area contributed by atoms with Crippen molar-refractivity contribution in [3.63, 3.8) is 0 Å². The molecular weight excluding hydrogens is 366 g/mol. The van der Waals surface area contributed by atoms with E-state index in [-0.39, 0.29) is 11.5 Å². The van der Waals surface area contributed by atoms with Gasteiger partial charge in [-0.05, 0) is 44.0 Å². The standard InChI is InChI=1S/C23H25N3O3/c1-16-11-17(2)13-20(12-16)29-18(3)23(28)24-9-10-26-15-25-21(14-22(26)27)19-7-5-4-6-8-19/h4-8,11-15,18H,9-10H2,1-3H3,(H,24,28). The van der Waals surface area contributed by atoms with Crippen LogP contribution >= 0.6 is 0 Å². The summed E-state index contributed by atoms with van der Waals surface area (Å²) in [7, 11) is 0. The van der Waals surface area contributed by atoms with E-state index in [1.807, 2.05) is 62.4 Å². The van der Waals surface area contributed by atoms with Crippen LogP contribution in [0.4, 0.5) is 0 Å². The molecule has 150 valence electrons. The van der Waals surface area contributed by atoms with E-state index in [9.17, 15) is 9.59 Å². The average molecular weight is 391 g/mol. The average Bonchev–Trinajstić information content (AvgIpc) is 2.69. The van der Waals surface area contributed by atoms with Gasteiger partial charge in [-0.3, -0.25) is 14.2 Å². The largest absolute Gasteiger partial charge is 0.481 e. The highest BCUT2D eigenvalue weighted by molar-refractivity contribution is 5.80. The second-order valence-electron chi connectivity index (χ2n) is 7.05. The summed E-state index contributed by atoms with van der Waals surface area (Å²) in [6.07, 6.45) is 0.873. The number of hydrogen-bond donors (Lipinski definition) is 1. The summed E-state index contributed by atoms with van der Waals surface area (Å²) in [5.74, 6) is 0.438. The second-order valence-corrected chi connectivity index (χ2v) is 7.05. The summed E-state index contributed by atoms with van der Waals surface area (Å²) in [6, 6.07) is 16.9. The van der Waals surface area contributed by atoms with Crippen molar-refractivity contribution in [1.82, 2.24) is 14.9 Å². The molecule has 0 radical (unpaired) electrons. The van der Waals surface area contributed by atoms with Gasteiger partial charge in [-0.2, -0.15) is 0 Å². The number of nitrogens with zero attached hydrogens (tertiary/aromatic N) is 2. The minimum absolute atomic E-state index is 0.160. The van der Waals surface area contributed by atoms with Gasteiger partial charge in [-0.25, -0.2) is 4.98 Å². The van der Waals surface area contributed by atoms with Gasteiger partial charge in [0.15, 0.2) is 6.10 Å². The molecule has 0 spiro atoms. The van der Waals surface area contributed by atoms with E-state index in [1.54, 1.807) is 6.92 Å². The third-order valence-corrected chi connectivity index (χ3v) is 4.48. The van der Waals surface area contributed by atoms with Gasteiger partial charge >= 0.3 is 0 Å². The molecule has 2 aromatic carbocycles.